The lowest BCUT2D eigenvalue weighted by molar-refractivity contribution is -0.138. The van der Waals surface area contributed by atoms with Gasteiger partial charge in [0.05, 0.1) is 37.5 Å². The predicted octanol–water partition coefficient (Wildman–Crippen LogP) is 2.87. The SMILES string of the molecule is Cc1nn2c([C@H]3CN(C(=O)Cc4ccc(F)cc4)CCO3)ccnc2c1Cn1ccnc1C. The molecule has 1 amide bonds. The largest absolute Gasteiger partial charge is 0.368 e. The second kappa shape index (κ2) is 8.74. The Kier molecular flexibility index (Phi) is 5.63. The lowest BCUT2D eigenvalue weighted by atomic mass is 10.1. The van der Waals surface area contributed by atoms with Crippen molar-refractivity contribution in [3.63, 3.8) is 0 Å². The first-order valence-electron chi connectivity index (χ1n) is 10.9. The zero-order chi connectivity index (χ0) is 22.9. The number of carbonyl (C=O) groups is 1. The van der Waals surface area contributed by atoms with Gasteiger partial charge in [-0.2, -0.15) is 5.10 Å². The highest BCUT2D eigenvalue weighted by Gasteiger charge is 2.28. The van der Waals surface area contributed by atoms with Crippen molar-refractivity contribution in [2.45, 2.75) is 32.9 Å². The molecule has 0 unspecified atom stereocenters. The third-order valence-corrected chi connectivity index (χ3v) is 6.11. The first-order valence-corrected chi connectivity index (χ1v) is 10.9. The highest BCUT2D eigenvalue weighted by molar-refractivity contribution is 5.79. The van der Waals surface area contributed by atoms with Gasteiger partial charge in [0, 0.05) is 30.7 Å². The van der Waals surface area contributed by atoms with E-state index in [0.717, 1.165) is 34.0 Å². The number of rotatable bonds is 5. The molecule has 1 aliphatic heterocycles. The molecule has 1 atom stereocenters. The topological polar surface area (TPSA) is 77.5 Å². The van der Waals surface area contributed by atoms with Gasteiger partial charge in [-0.05, 0) is 37.6 Å². The van der Waals surface area contributed by atoms with Crippen LogP contribution in [0.1, 0.15) is 34.4 Å². The monoisotopic (exact) mass is 448 g/mol. The van der Waals surface area contributed by atoms with E-state index in [9.17, 15) is 9.18 Å². The molecule has 8 nitrogen and oxygen atoms in total. The zero-order valence-electron chi connectivity index (χ0n) is 18.6. The van der Waals surface area contributed by atoms with Crippen molar-refractivity contribution in [3.8, 4) is 0 Å². The van der Waals surface area contributed by atoms with E-state index in [-0.39, 0.29) is 24.2 Å². The Morgan fingerprint density at radius 1 is 1.15 bits per heavy atom. The van der Waals surface area contributed by atoms with Crippen LogP contribution in [0, 0.1) is 19.7 Å². The average Bonchev–Trinajstić information content (AvgIpc) is 3.37. The number of nitrogens with zero attached hydrogens (tertiary/aromatic N) is 6. The van der Waals surface area contributed by atoms with Gasteiger partial charge in [-0.15, -0.1) is 0 Å². The molecule has 0 radical (unpaired) electrons. The maximum atomic E-state index is 13.2. The number of carbonyl (C=O) groups excluding carboxylic acids is 1. The molecule has 0 bridgehead atoms. The molecular weight excluding hydrogens is 423 g/mol. The number of hydrogen-bond acceptors (Lipinski definition) is 5. The Hall–Kier alpha value is -3.59. The molecule has 1 aromatic carbocycles. The van der Waals surface area contributed by atoms with Gasteiger partial charge in [-0.25, -0.2) is 18.9 Å². The summed E-state index contributed by atoms with van der Waals surface area (Å²) in [6.07, 6.45) is 5.40. The summed E-state index contributed by atoms with van der Waals surface area (Å²) in [4.78, 5) is 23.6. The number of hydrogen-bond donors (Lipinski definition) is 0. The summed E-state index contributed by atoms with van der Waals surface area (Å²) in [5, 5.41) is 4.75. The molecule has 5 rings (SSSR count). The van der Waals surface area contributed by atoms with Gasteiger partial charge < -0.3 is 14.2 Å². The van der Waals surface area contributed by atoms with Crippen molar-refractivity contribution in [1.29, 1.82) is 0 Å². The van der Waals surface area contributed by atoms with Crippen LogP contribution >= 0.6 is 0 Å². The summed E-state index contributed by atoms with van der Waals surface area (Å²) < 4.78 is 23.1. The molecule has 9 heteroatoms. The summed E-state index contributed by atoms with van der Waals surface area (Å²) in [5.74, 6) is 0.611. The van der Waals surface area contributed by atoms with Crippen LogP contribution in [-0.4, -0.2) is 54.7 Å². The predicted molar refractivity (Wildman–Crippen MR) is 119 cm³/mol. The van der Waals surface area contributed by atoms with Crippen molar-refractivity contribution < 1.29 is 13.9 Å². The Labute approximate surface area is 190 Å². The Bertz CT molecular complexity index is 1300. The molecule has 3 aromatic heterocycles. The fraction of sp³-hybridized carbons (Fsp3) is 0.333. The van der Waals surface area contributed by atoms with Crippen molar-refractivity contribution in [2.75, 3.05) is 19.7 Å². The number of ether oxygens (including phenoxy) is 1. The van der Waals surface area contributed by atoms with Crippen LogP contribution < -0.4 is 0 Å². The van der Waals surface area contributed by atoms with Crippen LogP contribution in [0.25, 0.3) is 5.65 Å². The molecule has 1 aliphatic rings. The average molecular weight is 449 g/mol. The molecule has 1 fully saturated rings. The fourth-order valence-corrected chi connectivity index (χ4v) is 4.23. The molecule has 0 saturated carbocycles. The minimum Gasteiger partial charge on any atom is -0.368 e. The Morgan fingerprint density at radius 2 is 1.97 bits per heavy atom. The summed E-state index contributed by atoms with van der Waals surface area (Å²) in [6.45, 7) is 5.95. The van der Waals surface area contributed by atoms with E-state index in [1.807, 2.05) is 30.6 Å². The van der Waals surface area contributed by atoms with Crippen LogP contribution in [0.15, 0.2) is 48.9 Å². The normalized spacial score (nSPS) is 16.5. The molecule has 1 saturated heterocycles. The van der Waals surface area contributed by atoms with Gasteiger partial charge in [0.1, 0.15) is 17.7 Å². The number of benzene rings is 1. The van der Waals surface area contributed by atoms with Gasteiger partial charge in [0.2, 0.25) is 5.91 Å². The quantitative estimate of drug-likeness (QED) is 0.469. The minimum atomic E-state index is -0.316. The maximum Gasteiger partial charge on any atom is 0.227 e. The molecule has 4 aromatic rings. The van der Waals surface area contributed by atoms with E-state index >= 15 is 0 Å². The third kappa shape index (κ3) is 4.23. The molecule has 170 valence electrons. The van der Waals surface area contributed by atoms with Crippen LogP contribution in [0.2, 0.25) is 0 Å². The van der Waals surface area contributed by atoms with Crippen molar-refractivity contribution in [2.24, 2.45) is 0 Å². The zero-order valence-corrected chi connectivity index (χ0v) is 18.6. The van der Waals surface area contributed by atoms with Crippen LogP contribution in [0.3, 0.4) is 0 Å². The second-order valence-electron chi connectivity index (χ2n) is 8.27. The first-order chi connectivity index (χ1) is 16.0. The highest BCUT2D eigenvalue weighted by atomic mass is 19.1. The standard InChI is InChI=1S/C24H25FN6O2/c1-16-20(14-29-10-9-26-17(29)2)24-27-8-7-21(31(24)28-16)22-15-30(11-12-33-22)23(32)13-18-3-5-19(25)6-4-18/h3-10,22H,11-15H2,1-2H3/t22-/m1/s1. The lowest BCUT2D eigenvalue weighted by Crippen LogP contribution is -2.43. The third-order valence-electron chi connectivity index (χ3n) is 6.11. The fourth-order valence-electron chi connectivity index (χ4n) is 4.23. The lowest BCUT2D eigenvalue weighted by Gasteiger charge is -2.33. The van der Waals surface area contributed by atoms with E-state index in [1.54, 1.807) is 29.4 Å². The molecule has 0 aliphatic carbocycles. The number of aryl methyl sites for hydroxylation is 2. The van der Waals surface area contributed by atoms with Gasteiger partial charge in [0.15, 0.2) is 5.65 Å². The van der Waals surface area contributed by atoms with Crippen molar-refractivity contribution in [1.82, 2.24) is 29.0 Å². The number of halogens is 1. The number of imidazole rings is 1. The van der Waals surface area contributed by atoms with E-state index in [0.29, 0.717) is 26.2 Å². The summed E-state index contributed by atoms with van der Waals surface area (Å²) in [5.41, 5.74) is 4.34. The number of morpholine rings is 1. The second-order valence-corrected chi connectivity index (χ2v) is 8.27. The van der Waals surface area contributed by atoms with Gasteiger partial charge in [0.25, 0.3) is 0 Å². The summed E-state index contributed by atoms with van der Waals surface area (Å²) in [7, 11) is 0. The van der Waals surface area contributed by atoms with Gasteiger partial charge in [-0.1, -0.05) is 12.1 Å². The van der Waals surface area contributed by atoms with E-state index in [1.165, 1.54) is 12.1 Å². The Balaban J connectivity index is 1.38. The maximum absolute atomic E-state index is 13.2. The first kappa shape index (κ1) is 21.3. The molecule has 33 heavy (non-hydrogen) atoms. The van der Waals surface area contributed by atoms with Crippen LogP contribution in [0.5, 0.6) is 0 Å². The molecule has 0 spiro atoms. The van der Waals surface area contributed by atoms with Crippen LogP contribution in [0.4, 0.5) is 4.39 Å². The number of aromatic nitrogens is 5. The van der Waals surface area contributed by atoms with Crippen molar-refractivity contribution >= 4 is 11.6 Å². The number of fused-ring (bicyclic) bond motifs is 1. The van der Waals surface area contributed by atoms with Crippen LogP contribution in [-0.2, 0) is 22.5 Å². The van der Waals surface area contributed by atoms with Gasteiger partial charge in [-0.3, -0.25) is 4.79 Å². The van der Waals surface area contributed by atoms with Gasteiger partial charge >= 0.3 is 0 Å². The van der Waals surface area contributed by atoms with E-state index in [2.05, 4.69) is 14.5 Å². The van der Waals surface area contributed by atoms with E-state index in [4.69, 9.17) is 9.84 Å². The van der Waals surface area contributed by atoms with E-state index < -0.39 is 0 Å². The molecule has 0 N–H and O–H groups in total. The van der Waals surface area contributed by atoms with Crippen molar-refractivity contribution in [3.05, 3.63) is 83.1 Å². The smallest absolute Gasteiger partial charge is 0.227 e. The molecular formula is C24H25FN6O2. The highest BCUT2D eigenvalue weighted by Crippen LogP contribution is 2.25. The summed E-state index contributed by atoms with van der Waals surface area (Å²) >= 11 is 0. The Morgan fingerprint density at radius 3 is 2.73 bits per heavy atom. The summed E-state index contributed by atoms with van der Waals surface area (Å²) in [6, 6.07) is 7.94. The molecule has 4 heterocycles. The minimum absolute atomic E-state index is 0.00636. The number of amides is 1.